The Bertz CT molecular complexity index is 560. The van der Waals surface area contributed by atoms with Gasteiger partial charge in [0.2, 0.25) is 0 Å². The summed E-state index contributed by atoms with van der Waals surface area (Å²) in [7, 11) is -3.78. The van der Waals surface area contributed by atoms with E-state index in [9.17, 15) is 4.57 Å². The summed E-state index contributed by atoms with van der Waals surface area (Å²) in [6.07, 6.45) is 0. The predicted octanol–water partition coefficient (Wildman–Crippen LogP) is 5.07. The number of hydrogen-bond donors (Lipinski definition) is 0. The molecule has 2 rings (SSSR count). The molecule has 0 atom stereocenters. The summed E-state index contributed by atoms with van der Waals surface area (Å²) in [5, 5.41) is 0. The lowest BCUT2D eigenvalue weighted by atomic mass is 10.2. The Labute approximate surface area is 125 Å². The van der Waals surface area contributed by atoms with Gasteiger partial charge < -0.3 is 9.05 Å². The van der Waals surface area contributed by atoms with Crippen LogP contribution >= 0.6 is 7.82 Å². The zero-order valence-corrected chi connectivity index (χ0v) is 13.2. The van der Waals surface area contributed by atoms with Crippen molar-refractivity contribution in [1.29, 1.82) is 0 Å². The largest absolute Gasteiger partial charge is 0.588 e. The van der Waals surface area contributed by atoms with Gasteiger partial charge in [-0.05, 0) is 45.0 Å². The van der Waals surface area contributed by atoms with Gasteiger partial charge in [0.1, 0.15) is 11.5 Å². The van der Waals surface area contributed by atoms with Crippen LogP contribution in [0.4, 0.5) is 0 Å². The first-order chi connectivity index (χ1) is 9.86. The molecule has 0 bridgehead atoms. The van der Waals surface area contributed by atoms with Crippen LogP contribution in [0.25, 0.3) is 0 Å². The van der Waals surface area contributed by atoms with Gasteiger partial charge in [0.05, 0.1) is 5.60 Å². The van der Waals surface area contributed by atoms with Gasteiger partial charge in [0.15, 0.2) is 0 Å². The quantitative estimate of drug-likeness (QED) is 0.724. The van der Waals surface area contributed by atoms with Gasteiger partial charge >= 0.3 is 7.82 Å². The smallest absolute Gasteiger partial charge is 0.395 e. The fourth-order valence-electron chi connectivity index (χ4n) is 1.61. The van der Waals surface area contributed by atoms with Crippen LogP contribution in [-0.2, 0) is 9.09 Å². The second-order valence-electron chi connectivity index (χ2n) is 5.46. The average Bonchev–Trinajstić information content (AvgIpc) is 2.38. The van der Waals surface area contributed by atoms with Crippen LogP contribution in [0.15, 0.2) is 60.7 Å². The molecule has 0 aliphatic carbocycles. The van der Waals surface area contributed by atoms with Gasteiger partial charge in [-0.15, -0.1) is 0 Å². The monoisotopic (exact) mass is 306 g/mol. The van der Waals surface area contributed by atoms with Crippen LogP contribution in [0.5, 0.6) is 11.5 Å². The van der Waals surface area contributed by atoms with Gasteiger partial charge in [-0.3, -0.25) is 4.52 Å². The molecule has 0 spiro atoms. The second-order valence-corrected chi connectivity index (χ2v) is 6.90. The predicted molar refractivity (Wildman–Crippen MR) is 82.6 cm³/mol. The van der Waals surface area contributed by atoms with Crippen molar-refractivity contribution < 1.29 is 18.1 Å². The Balaban J connectivity index is 2.24. The van der Waals surface area contributed by atoms with E-state index in [1.54, 1.807) is 69.3 Å². The highest BCUT2D eigenvalue weighted by Crippen LogP contribution is 2.52. The van der Waals surface area contributed by atoms with E-state index < -0.39 is 13.4 Å². The minimum atomic E-state index is -3.78. The maximum absolute atomic E-state index is 12.9. The van der Waals surface area contributed by atoms with Crippen molar-refractivity contribution in [2.75, 3.05) is 0 Å². The number of benzene rings is 2. The van der Waals surface area contributed by atoms with Crippen LogP contribution in [0, 0.1) is 0 Å². The SMILES string of the molecule is CC(C)(C)OP(=O)(Oc1ccccc1)Oc1ccccc1. The molecule has 5 heteroatoms. The van der Waals surface area contributed by atoms with Gasteiger partial charge in [-0.25, -0.2) is 4.57 Å². The molecule has 2 aromatic carbocycles. The standard InChI is InChI=1S/C16H19O4P/c1-16(2,3)20-21(17,18-14-10-6-4-7-11-14)19-15-12-8-5-9-13-15/h4-13H,1-3H3. The lowest BCUT2D eigenvalue weighted by Crippen LogP contribution is -2.21. The van der Waals surface area contributed by atoms with E-state index in [1.807, 2.05) is 12.1 Å². The van der Waals surface area contributed by atoms with Crippen molar-refractivity contribution in [3.8, 4) is 11.5 Å². The number of hydrogen-bond acceptors (Lipinski definition) is 4. The van der Waals surface area contributed by atoms with Crippen molar-refractivity contribution in [2.24, 2.45) is 0 Å². The maximum Gasteiger partial charge on any atom is 0.588 e. The third-order valence-corrected chi connectivity index (χ3v) is 3.95. The molecule has 0 aliphatic rings. The molecule has 2 aromatic rings. The minimum absolute atomic E-state index is 0.431. The van der Waals surface area contributed by atoms with Crippen LogP contribution in [0.2, 0.25) is 0 Å². The number of phosphoric acid groups is 1. The Morgan fingerprint density at radius 3 is 1.48 bits per heavy atom. The van der Waals surface area contributed by atoms with E-state index in [0.717, 1.165) is 0 Å². The zero-order chi connectivity index (χ0) is 15.3. The molecule has 0 amide bonds. The first-order valence-corrected chi connectivity index (χ1v) is 8.12. The summed E-state index contributed by atoms with van der Waals surface area (Å²) in [6, 6.07) is 17.7. The Morgan fingerprint density at radius 2 is 1.14 bits per heavy atom. The van der Waals surface area contributed by atoms with Crippen LogP contribution in [0.3, 0.4) is 0 Å². The highest BCUT2D eigenvalue weighted by atomic mass is 31.2. The molecule has 0 N–H and O–H groups in total. The molecule has 0 aliphatic heterocycles. The molecular weight excluding hydrogens is 287 g/mol. The van der Waals surface area contributed by atoms with Gasteiger partial charge in [0, 0.05) is 0 Å². The topological polar surface area (TPSA) is 44.8 Å². The average molecular weight is 306 g/mol. The molecule has 21 heavy (non-hydrogen) atoms. The summed E-state index contributed by atoms with van der Waals surface area (Å²) < 4.78 is 29.4. The van der Waals surface area contributed by atoms with E-state index in [1.165, 1.54) is 0 Å². The van der Waals surface area contributed by atoms with E-state index >= 15 is 0 Å². The van der Waals surface area contributed by atoms with Crippen molar-refractivity contribution in [3.63, 3.8) is 0 Å². The van der Waals surface area contributed by atoms with Gasteiger partial charge in [0.25, 0.3) is 0 Å². The van der Waals surface area contributed by atoms with Crippen molar-refractivity contribution in [1.82, 2.24) is 0 Å². The molecule has 0 aromatic heterocycles. The number of rotatable bonds is 5. The number of para-hydroxylation sites is 2. The van der Waals surface area contributed by atoms with E-state index in [2.05, 4.69) is 0 Å². The number of phosphoric ester groups is 1. The zero-order valence-electron chi connectivity index (χ0n) is 12.4. The Hall–Kier alpha value is -1.77. The third kappa shape index (κ3) is 5.25. The summed E-state index contributed by atoms with van der Waals surface area (Å²) in [5.74, 6) is 0.863. The minimum Gasteiger partial charge on any atom is -0.395 e. The maximum atomic E-state index is 12.9. The fourth-order valence-corrected chi connectivity index (χ4v) is 3.15. The van der Waals surface area contributed by atoms with Crippen molar-refractivity contribution in [2.45, 2.75) is 26.4 Å². The van der Waals surface area contributed by atoms with E-state index in [4.69, 9.17) is 13.6 Å². The summed E-state index contributed by atoms with van der Waals surface area (Å²) >= 11 is 0. The summed E-state index contributed by atoms with van der Waals surface area (Å²) in [6.45, 7) is 5.38. The lowest BCUT2D eigenvalue weighted by molar-refractivity contribution is 0.0882. The van der Waals surface area contributed by atoms with Crippen molar-refractivity contribution >= 4 is 7.82 Å². The van der Waals surface area contributed by atoms with Crippen LogP contribution in [0.1, 0.15) is 20.8 Å². The fraction of sp³-hybridized carbons (Fsp3) is 0.250. The lowest BCUT2D eigenvalue weighted by Gasteiger charge is -2.26. The first kappa shape index (κ1) is 15.6. The van der Waals surface area contributed by atoms with Gasteiger partial charge in [-0.2, -0.15) is 0 Å². The molecule has 0 fully saturated rings. The van der Waals surface area contributed by atoms with E-state index in [-0.39, 0.29) is 0 Å². The molecule has 4 nitrogen and oxygen atoms in total. The molecule has 0 unspecified atom stereocenters. The summed E-state index contributed by atoms with van der Waals surface area (Å²) in [4.78, 5) is 0. The molecule has 0 saturated heterocycles. The Kier molecular flexibility index (Phi) is 4.71. The normalized spacial score (nSPS) is 12.0. The van der Waals surface area contributed by atoms with E-state index in [0.29, 0.717) is 11.5 Å². The van der Waals surface area contributed by atoms with Crippen molar-refractivity contribution in [3.05, 3.63) is 60.7 Å². The van der Waals surface area contributed by atoms with Gasteiger partial charge in [-0.1, -0.05) is 36.4 Å². The first-order valence-electron chi connectivity index (χ1n) is 6.66. The molecule has 0 heterocycles. The van der Waals surface area contributed by atoms with Crippen LogP contribution < -0.4 is 9.05 Å². The highest BCUT2D eigenvalue weighted by Gasteiger charge is 2.36. The van der Waals surface area contributed by atoms with Crippen LogP contribution in [-0.4, -0.2) is 5.60 Å². The summed E-state index contributed by atoms with van der Waals surface area (Å²) in [5.41, 5.74) is -0.668. The Morgan fingerprint density at radius 1 is 0.762 bits per heavy atom. The highest BCUT2D eigenvalue weighted by molar-refractivity contribution is 7.49. The molecular formula is C16H19O4P. The third-order valence-electron chi connectivity index (χ3n) is 2.31. The molecule has 112 valence electrons. The molecule has 0 radical (unpaired) electrons. The molecule has 0 saturated carbocycles. The second kappa shape index (κ2) is 6.33.